The first-order valence-electron chi connectivity index (χ1n) is 8.67. The molecule has 0 radical (unpaired) electrons. The molecule has 2 heteroatoms. The summed E-state index contributed by atoms with van der Waals surface area (Å²) in [6, 6.07) is -1.48. The summed E-state index contributed by atoms with van der Waals surface area (Å²) in [6.45, 7) is 0. The van der Waals surface area contributed by atoms with Crippen LogP contribution in [0, 0.1) is 0 Å². The molecule has 0 atom stereocenters. The first-order valence-corrected chi connectivity index (χ1v) is 3.83. The number of benzene rings is 2. The van der Waals surface area contributed by atoms with E-state index in [1.54, 1.807) is 0 Å². The van der Waals surface area contributed by atoms with Gasteiger partial charge in [0.1, 0.15) is 0 Å². The Balaban J connectivity index is 2.69. The Labute approximate surface area is 97.6 Å². The van der Waals surface area contributed by atoms with E-state index in [1.165, 1.54) is 0 Å². The number of para-hydroxylation sites is 1. The topological polar surface area (TPSA) is 38.0 Å². The standard InChI is InChI=1S/C12H12N2/c13-10-5-4-8-12(9-10)14-11-6-2-1-3-7-11/h1-9,14H,13H2/i1D,2D,3D,4D,5D,6D,8D/hD3. The normalized spacial score (nSPS) is 19.4. The molecule has 0 amide bonds. The van der Waals surface area contributed by atoms with E-state index in [9.17, 15) is 0 Å². The van der Waals surface area contributed by atoms with Crippen LogP contribution in [0.15, 0.2) is 54.4 Å². The van der Waals surface area contributed by atoms with Gasteiger partial charge in [-0.25, -0.2) is 0 Å². The average Bonchev–Trinajstić information content (AvgIpc) is 2.53. The van der Waals surface area contributed by atoms with Crippen molar-refractivity contribution in [3.8, 4) is 0 Å². The van der Waals surface area contributed by atoms with Crippen LogP contribution >= 0.6 is 0 Å². The van der Waals surface area contributed by atoms with E-state index in [2.05, 4.69) is 0 Å². The highest BCUT2D eigenvalue weighted by Crippen LogP contribution is 2.17. The lowest BCUT2D eigenvalue weighted by Crippen LogP contribution is -1.91. The monoisotopic (exact) mass is 194 g/mol. The van der Waals surface area contributed by atoms with Gasteiger partial charge in [-0.05, 0) is 30.3 Å². The number of nitrogen functional groups attached to an aromatic ring is 1. The molecule has 0 aliphatic rings. The Morgan fingerprint density at radius 1 is 1.14 bits per heavy atom. The molecule has 14 heavy (non-hydrogen) atoms. The minimum Gasteiger partial charge on any atom is -0.399 e. The molecule has 0 aliphatic heterocycles. The summed E-state index contributed by atoms with van der Waals surface area (Å²) in [5.41, 5.74) is -0.777. The summed E-state index contributed by atoms with van der Waals surface area (Å²) < 4.78 is 76.4. The summed E-state index contributed by atoms with van der Waals surface area (Å²) in [6.07, 6.45) is 0. The quantitative estimate of drug-likeness (QED) is 0.737. The van der Waals surface area contributed by atoms with Gasteiger partial charge < -0.3 is 11.0 Å². The second-order valence-electron chi connectivity index (χ2n) is 2.45. The molecule has 0 bridgehead atoms. The zero-order valence-electron chi connectivity index (χ0n) is 17.0. The van der Waals surface area contributed by atoms with E-state index in [4.69, 9.17) is 13.8 Å². The van der Waals surface area contributed by atoms with E-state index in [0.29, 0.717) is 5.31 Å². The van der Waals surface area contributed by atoms with Gasteiger partial charge in [-0.2, -0.15) is 0 Å². The molecule has 0 heterocycles. The van der Waals surface area contributed by atoms with Crippen molar-refractivity contribution in [1.29, 1.82) is 0 Å². The minimum atomic E-state index is -0.593. The maximum absolute atomic E-state index is 8.08. The third kappa shape index (κ3) is 2.04. The van der Waals surface area contributed by atoms with E-state index in [1.807, 2.05) is 0 Å². The first kappa shape index (κ1) is 2.76. The second-order valence-corrected chi connectivity index (χ2v) is 2.45. The van der Waals surface area contributed by atoms with Crippen LogP contribution in [0.2, 0.25) is 4.24 Å². The van der Waals surface area contributed by atoms with E-state index in [-0.39, 0.29) is 28.8 Å². The van der Waals surface area contributed by atoms with Gasteiger partial charge in [0, 0.05) is 17.1 Å². The van der Waals surface area contributed by atoms with E-state index >= 15 is 0 Å². The molecule has 2 aromatic carbocycles. The number of nitrogens with two attached hydrogens (primary N) is 1. The Morgan fingerprint density at radius 3 is 3.00 bits per heavy atom. The molecule has 0 saturated heterocycles. The van der Waals surface area contributed by atoms with Crippen molar-refractivity contribution in [1.82, 2.24) is 0 Å². The number of hydrogen-bond acceptors (Lipinski definition) is 2. The lowest BCUT2D eigenvalue weighted by atomic mass is 10.2. The van der Waals surface area contributed by atoms with Crippen LogP contribution in [0.5, 0.6) is 0 Å². The average molecular weight is 194 g/mol. The van der Waals surface area contributed by atoms with Crippen molar-refractivity contribution in [2.24, 2.45) is 0 Å². The Kier molecular flexibility index (Phi) is 0.757. The highest BCUT2D eigenvalue weighted by atomic mass is 14.9. The first-order chi connectivity index (χ1) is 11.1. The molecule has 0 saturated carbocycles. The molecule has 0 aliphatic carbocycles. The fourth-order valence-corrected chi connectivity index (χ4v) is 0.883. The molecular weight excluding hydrogens is 172 g/mol. The highest BCUT2D eigenvalue weighted by molar-refractivity contribution is 5.63. The Bertz CT molecular complexity index is 807. The fourth-order valence-electron chi connectivity index (χ4n) is 0.883. The van der Waals surface area contributed by atoms with Gasteiger partial charge in [0.05, 0.1) is 9.60 Å². The number of hydrogen-bond donors (Lipinski definition) is 2. The SMILES string of the molecule is [2H]c1cc(N([2H])c2cc(N([2H])[2H])c([2H])c([2H])c2[2H])c([2H])c([2H])c1[2H]. The van der Waals surface area contributed by atoms with Crippen molar-refractivity contribution >= 4 is 17.1 Å². The Hall–Kier alpha value is -1.96. The number of anilines is 3. The van der Waals surface area contributed by atoms with Gasteiger partial charge in [0.2, 0.25) is 0 Å². The lowest BCUT2D eigenvalue weighted by molar-refractivity contribution is 1.55. The van der Waals surface area contributed by atoms with Crippen LogP contribution in [0.1, 0.15) is 9.60 Å². The van der Waals surface area contributed by atoms with E-state index in [0.717, 1.165) is 12.1 Å². The zero-order valence-corrected chi connectivity index (χ0v) is 7.05. The summed E-state index contributed by atoms with van der Waals surface area (Å²) in [7, 11) is 0. The molecule has 2 aromatic rings. The molecule has 70 valence electrons. The molecule has 0 aromatic heterocycles. The third-order valence-electron chi connectivity index (χ3n) is 1.43. The third-order valence-corrected chi connectivity index (χ3v) is 1.43. The fraction of sp³-hybridized carbons (Fsp3) is 0. The van der Waals surface area contributed by atoms with Crippen LogP contribution in [-0.2, 0) is 0 Å². The maximum Gasteiger partial charge on any atom is 0.167 e. The largest absolute Gasteiger partial charge is 0.399 e. The van der Waals surface area contributed by atoms with Crippen molar-refractivity contribution < 1.29 is 13.8 Å². The summed E-state index contributed by atoms with van der Waals surface area (Å²) in [4.78, 5) is 0. The predicted molar refractivity (Wildman–Crippen MR) is 60.6 cm³/mol. The van der Waals surface area contributed by atoms with Gasteiger partial charge in [0.25, 0.3) is 0 Å². The highest BCUT2D eigenvalue weighted by Gasteiger charge is 1.92. The minimum absolute atomic E-state index is 0.0808. The molecule has 0 spiro atoms. The van der Waals surface area contributed by atoms with Crippen LogP contribution in [0.25, 0.3) is 0 Å². The predicted octanol–water partition coefficient (Wildman–Crippen LogP) is 3.01. The molecular formula is C12H12N2. The number of rotatable bonds is 3. The lowest BCUT2D eigenvalue weighted by Gasteiger charge is -2.06. The van der Waals surface area contributed by atoms with Crippen LogP contribution in [0.4, 0.5) is 17.1 Å². The van der Waals surface area contributed by atoms with Crippen molar-refractivity contribution in [2.75, 3.05) is 11.0 Å². The van der Waals surface area contributed by atoms with Gasteiger partial charge in [-0.1, -0.05) is 24.2 Å². The van der Waals surface area contributed by atoms with Crippen molar-refractivity contribution in [2.45, 2.75) is 0 Å². The molecule has 0 fully saturated rings. The molecule has 2 rings (SSSR count). The maximum atomic E-state index is 8.08. The van der Waals surface area contributed by atoms with Gasteiger partial charge in [-0.15, -0.1) is 0 Å². The summed E-state index contributed by atoms with van der Waals surface area (Å²) in [5, 5.41) is 0.532. The van der Waals surface area contributed by atoms with E-state index < -0.39 is 36.3 Å². The van der Waals surface area contributed by atoms with Crippen molar-refractivity contribution in [3.63, 3.8) is 0 Å². The number of nitrogens with one attached hydrogen (secondary N) is 1. The van der Waals surface area contributed by atoms with Gasteiger partial charge in [-0.3, -0.25) is 0 Å². The Morgan fingerprint density at radius 2 is 2.07 bits per heavy atom. The summed E-state index contributed by atoms with van der Waals surface area (Å²) >= 11 is 0. The summed E-state index contributed by atoms with van der Waals surface area (Å²) in [5.74, 6) is 0. The second kappa shape index (κ2) is 3.83. The van der Waals surface area contributed by atoms with Crippen LogP contribution in [-0.4, -0.2) is 0 Å². The molecule has 3 N–H and O–H groups in total. The smallest absolute Gasteiger partial charge is 0.167 e. The molecule has 0 unspecified atom stereocenters. The molecule has 2 nitrogen and oxygen atoms in total. The van der Waals surface area contributed by atoms with Crippen molar-refractivity contribution in [3.05, 3.63) is 54.4 Å². The van der Waals surface area contributed by atoms with Crippen LogP contribution in [0.3, 0.4) is 0 Å². The zero-order chi connectivity index (χ0) is 18.3. The van der Waals surface area contributed by atoms with Gasteiger partial charge in [0.15, 0.2) is 4.24 Å². The van der Waals surface area contributed by atoms with Crippen LogP contribution < -0.4 is 11.0 Å². The van der Waals surface area contributed by atoms with Gasteiger partial charge >= 0.3 is 0 Å².